The number of hydrogen-bond acceptors (Lipinski definition) is 5. The summed E-state index contributed by atoms with van der Waals surface area (Å²) in [6, 6.07) is 10.5. The molecule has 0 radical (unpaired) electrons. The first-order valence-corrected chi connectivity index (χ1v) is 5.88. The molecule has 6 heteroatoms. The van der Waals surface area contributed by atoms with E-state index in [1.54, 1.807) is 30.5 Å². The molecule has 0 saturated carbocycles. The molecule has 0 unspecified atom stereocenters. The number of aliphatic hydroxyl groups is 1. The zero-order chi connectivity index (χ0) is 14.6. The number of aldehydes is 1. The molecule has 3 heterocycles. The summed E-state index contributed by atoms with van der Waals surface area (Å²) in [5, 5.41) is 8.33. The van der Waals surface area contributed by atoms with Crippen LogP contribution in [0, 0.1) is 6.92 Å². The molecule has 3 aromatic rings. The topological polar surface area (TPSA) is 108 Å². The summed E-state index contributed by atoms with van der Waals surface area (Å²) in [5.41, 5.74) is 0. The van der Waals surface area contributed by atoms with E-state index in [1.807, 2.05) is 19.1 Å². The van der Waals surface area contributed by atoms with Gasteiger partial charge in [0.1, 0.15) is 18.1 Å². The zero-order valence-corrected chi connectivity index (χ0v) is 11.6. The van der Waals surface area contributed by atoms with Gasteiger partial charge in [-0.1, -0.05) is 0 Å². The van der Waals surface area contributed by atoms with Gasteiger partial charge in [-0.3, -0.25) is 4.79 Å². The van der Waals surface area contributed by atoms with Gasteiger partial charge in [0, 0.05) is 0 Å². The smallest absolute Gasteiger partial charge is 0.470 e. The van der Waals surface area contributed by atoms with Crippen LogP contribution in [0.25, 0.3) is 0 Å². The Hall–Kier alpha value is -2.57. The number of furan rings is 3. The third-order valence-electron chi connectivity index (χ3n) is 2.06. The van der Waals surface area contributed by atoms with Gasteiger partial charge in [-0.2, -0.15) is 0 Å². The lowest BCUT2D eigenvalue weighted by Crippen LogP contribution is -1.72. The number of hydrogen-bond donors (Lipinski definition) is 1. The minimum Gasteiger partial charge on any atom is -0.470 e. The minimum absolute atomic E-state index is 0. The molecule has 3 aromatic heterocycles. The van der Waals surface area contributed by atoms with Crippen molar-refractivity contribution in [3.63, 3.8) is 0 Å². The van der Waals surface area contributed by atoms with Gasteiger partial charge in [0.15, 0.2) is 12.0 Å². The molecular formula is C15H20O6+2. The molecule has 0 aromatic carbocycles. The van der Waals surface area contributed by atoms with Crippen molar-refractivity contribution < 1.29 is 31.5 Å². The lowest BCUT2D eigenvalue weighted by atomic mass is 10.5. The number of rotatable bonds is 2. The molecule has 0 aliphatic carbocycles. The fraction of sp³-hybridized carbons (Fsp3) is 0.133. The van der Waals surface area contributed by atoms with E-state index in [4.69, 9.17) is 13.9 Å². The van der Waals surface area contributed by atoms with E-state index in [2.05, 4.69) is 4.42 Å². The number of carbonyl (C=O) groups is 1. The average molecular weight is 296 g/mol. The van der Waals surface area contributed by atoms with Gasteiger partial charge in [0.2, 0.25) is 0 Å². The van der Waals surface area contributed by atoms with E-state index >= 15 is 0 Å². The Bertz CT molecular complexity index is 547. The number of aliphatic hydroxyl groups excluding tert-OH is 1. The van der Waals surface area contributed by atoms with Gasteiger partial charge in [0.05, 0.1) is 18.8 Å². The molecular weight excluding hydrogens is 276 g/mol. The normalized spacial score (nSPS) is 8.48. The summed E-state index contributed by atoms with van der Waals surface area (Å²) in [6.45, 7) is 1.91. The Kier molecular flexibility index (Phi) is 9.89. The van der Waals surface area contributed by atoms with E-state index in [0.29, 0.717) is 17.8 Å². The first-order valence-electron chi connectivity index (χ1n) is 5.88. The largest absolute Gasteiger partial charge is 1.00 e. The van der Waals surface area contributed by atoms with Crippen molar-refractivity contribution in [2.24, 2.45) is 0 Å². The molecule has 0 atom stereocenters. The Morgan fingerprint density at radius 2 is 1.67 bits per heavy atom. The zero-order valence-electron chi connectivity index (χ0n) is 13.6. The van der Waals surface area contributed by atoms with Crippen LogP contribution in [-0.4, -0.2) is 16.9 Å². The van der Waals surface area contributed by atoms with Gasteiger partial charge < -0.3 is 23.8 Å². The first kappa shape index (κ1) is 18.4. The first-order chi connectivity index (χ1) is 9.76. The second-order valence-corrected chi connectivity index (χ2v) is 3.59. The van der Waals surface area contributed by atoms with E-state index in [-0.39, 0.29) is 14.9 Å². The van der Waals surface area contributed by atoms with Crippen molar-refractivity contribution in [2.45, 2.75) is 13.5 Å². The molecule has 0 spiro atoms. The summed E-state index contributed by atoms with van der Waals surface area (Å²) >= 11 is 0. The molecule has 3 rings (SSSR count). The highest BCUT2D eigenvalue weighted by atomic mass is 16.4. The second-order valence-electron chi connectivity index (χ2n) is 3.59. The third kappa shape index (κ3) is 8.25. The van der Waals surface area contributed by atoms with Crippen LogP contribution in [0.2, 0.25) is 0 Å². The number of carbonyl (C=O) groups excluding carboxylic acids is 1. The van der Waals surface area contributed by atoms with E-state index in [1.165, 1.54) is 12.5 Å². The highest BCUT2D eigenvalue weighted by Crippen LogP contribution is 1.96. The SMILES string of the molecule is Cc1ccco1.O.O=Cc1ccco1.OCc1ccco1.[H+].[H+]. The highest BCUT2D eigenvalue weighted by Gasteiger charge is 1.86. The quantitative estimate of drug-likeness (QED) is 0.731. The Morgan fingerprint density at radius 3 is 1.90 bits per heavy atom. The van der Waals surface area contributed by atoms with Crippen LogP contribution in [-0.2, 0) is 6.61 Å². The van der Waals surface area contributed by atoms with Crippen molar-refractivity contribution in [1.82, 2.24) is 0 Å². The molecule has 0 bridgehead atoms. The van der Waals surface area contributed by atoms with Crippen LogP contribution < -0.4 is 0 Å². The fourth-order valence-electron chi connectivity index (χ4n) is 1.12. The summed E-state index contributed by atoms with van der Waals surface area (Å²) in [7, 11) is 0. The summed E-state index contributed by atoms with van der Waals surface area (Å²) < 4.78 is 14.2. The van der Waals surface area contributed by atoms with Gasteiger partial charge in [-0.25, -0.2) is 0 Å². The maximum Gasteiger partial charge on any atom is 1.00 e. The van der Waals surface area contributed by atoms with Crippen LogP contribution in [0.1, 0.15) is 24.9 Å². The average Bonchev–Trinajstić information content (AvgIpc) is 3.23. The molecule has 114 valence electrons. The Labute approximate surface area is 124 Å². The maximum absolute atomic E-state index is 9.77. The van der Waals surface area contributed by atoms with Crippen LogP contribution in [0.15, 0.2) is 68.4 Å². The van der Waals surface area contributed by atoms with Gasteiger partial charge in [-0.05, 0) is 43.3 Å². The van der Waals surface area contributed by atoms with Crippen LogP contribution in [0.4, 0.5) is 0 Å². The standard InChI is InChI=1S/C5H6O2.C5H4O2.C5H6O.H2O/c2*6-4-5-2-1-3-7-5;1-5-3-2-4-6-5;/h1-3,6H,4H2;1-4H;2-4H,1H3;1H2/p+2. The van der Waals surface area contributed by atoms with Gasteiger partial charge in [0.25, 0.3) is 0 Å². The molecule has 0 aliphatic heterocycles. The molecule has 0 saturated heterocycles. The Morgan fingerprint density at radius 1 is 1.05 bits per heavy atom. The van der Waals surface area contributed by atoms with Crippen LogP contribution in [0.3, 0.4) is 0 Å². The predicted molar refractivity (Wildman–Crippen MR) is 78.0 cm³/mol. The van der Waals surface area contributed by atoms with Gasteiger partial charge in [-0.15, -0.1) is 0 Å². The third-order valence-corrected chi connectivity index (χ3v) is 2.06. The summed E-state index contributed by atoms with van der Waals surface area (Å²) in [4.78, 5) is 9.77. The van der Waals surface area contributed by atoms with Crippen molar-refractivity contribution in [3.8, 4) is 0 Å². The minimum atomic E-state index is -0.00694. The highest BCUT2D eigenvalue weighted by molar-refractivity contribution is 5.69. The predicted octanol–water partition coefficient (Wildman–Crippen LogP) is 2.85. The van der Waals surface area contributed by atoms with Crippen molar-refractivity contribution >= 4 is 6.29 Å². The van der Waals surface area contributed by atoms with Gasteiger partial charge >= 0.3 is 2.85 Å². The monoisotopic (exact) mass is 296 g/mol. The molecule has 0 aliphatic rings. The van der Waals surface area contributed by atoms with Crippen LogP contribution in [0.5, 0.6) is 0 Å². The molecule has 21 heavy (non-hydrogen) atoms. The van der Waals surface area contributed by atoms with Crippen LogP contribution >= 0.6 is 0 Å². The summed E-state index contributed by atoms with van der Waals surface area (Å²) in [5.74, 6) is 1.95. The van der Waals surface area contributed by atoms with E-state index < -0.39 is 0 Å². The van der Waals surface area contributed by atoms with Crippen molar-refractivity contribution in [2.75, 3.05) is 0 Å². The van der Waals surface area contributed by atoms with E-state index in [9.17, 15) is 4.79 Å². The Balaban J connectivity index is -0.000000246. The fourth-order valence-corrected chi connectivity index (χ4v) is 1.12. The van der Waals surface area contributed by atoms with Crippen molar-refractivity contribution in [3.05, 3.63) is 72.5 Å². The molecule has 3 N–H and O–H groups in total. The lowest BCUT2D eigenvalue weighted by Gasteiger charge is -1.79. The second kappa shape index (κ2) is 11.3. The van der Waals surface area contributed by atoms with E-state index in [0.717, 1.165) is 5.76 Å². The lowest BCUT2D eigenvalue weighted by molar-refractivity contribution is 0.110. The molecule has 6 nitrogen and oxygen atoms in total. The number of aryl methyl sites for hydroxylation is 1. The maximum atomic E-state index is 9.77. The molecule has 0 amide bonds. The molecule has 0 fully saturated rings. The van der Waals surface area contributed by atoms with Crippen molar-refractivity contribution in [1.29, 1.82) is 0 Å². The summed E-state index contributed by atoms with van der Waals surface area (Å²) in [6.07, 6.45) is 5.32.